The molecule has 18 heavy (non-hydrogen) atoms. The number of nitrogens with one attached hydrogen (secondary N) is 1. The average molecular weight is 245 g/mol. The van der Waals surface area contributed by atoms with Crippen molar-refractivity contribution in [2.24, 2.45) is 5.92 Å². The zero-order valence-electron chi connectivity index (χ0n) is 11.6. The van der Waals surface area contributed by atoms with E-state index in [9.17, 15) is 0 Å². The number of para-hydroxylation sites is 2. The Hall–Kier alpha value is -1.35. The molecule has 3 nitrogen and oxygen atoms in total. The van der Waals surface area contributed by atoms with Crippen molar-refractivity contribution in [1.29, 1.82) is 0 Å². The first-order chi connectivity index (χ1) is 8.76. The summed E-state index contributed by atoms with van der Waals surface area (Å²) in [6, 6.07) is 8.35. The standard InChI is InChI=1S/C15H23N3/c1-4-12(3)10-16-11-15-17-13-8-6-7-9-14(13)18(15)5-2/h6-9,12,16H,4-5,10-11H2,1-3H3. The number of benzene rings is 1. The third-order valence-corrected chi connectivity index (χ3v) is 3.52. The summed E-state index contributed by atoms with van der Waals surface area (Å²) in [5, 5.41) is 3.50. The van der Waals surface area contributed by atoms with Gasteiger partial charge in [0.1, 0.15) is 5.82 Å². The summed E-state index contributed by atoms with van der Waals surface area (Å²) in [6.45, 7) is 9.56. The Morgan fingerprint density at radius 3 is 2.78 bits per heavy atom. The van der Waals surface area contributed by atoms with Crippen LogP contribution < -0.4 is 5.32 Å². The summed E-state index contributed by atoms with van der Waals surface area (Å²) >= 11 is 0. The molecule has 2 aromatic rings. The molecule has 0 radical (unpaired) electrons. The molecule has 0 aliphatic rings. The van der Waals surface area contributed by atoms with Crippen LogP contribution >= 0.6 is 0 Å². The summed E-state index contributed by atoms with van der Waals surface area (Å²) in [6.07, 6.45) is 1.22. The fourth-order valence-electron chi connectivity index (χ4n) is 2.19. The van der Waals surface area contributed by atoms with Gasteiger partial charge < -0.3 is 9.88 Å². The number of nitrogens with zero attached hydrogens (tertiary/aromatic N) is 2. The zero-order chi connectivity index (χ0) is 13.0. The van der Waals surface area contributed by atoms with Crippen LogP contribution in [0.1, 0.15) is 33.0 Å². The fourth-order valence-corrected chi connectivity index (χ4v) is 2.19. The third kappa shape index (κ3) is 2.72. The van der Waals surface area contributed by atoms with E-state index in [0.717, 1.165) is 36.9 Å². The molecule has 98 valence electrons. The van der Waals surface area contributed by atoms with Crippen molar-refractivity contribution in [3.05, 3.63) is 30.1 Å². The van der Waals surface area contributed by atoms with Crippen molar-refractivity contribution in [2.45, 2.75) is 40.3 Å². The van der Waals surface area contributed by atoms with Crippen LogP contribution in [0.5, 0.6) is 0 Å². The lowest BCUT2D eigenvalue weighted by molar-refractivity contribution is 0.489. The predicted molar refractivity (Wildman–Crippen MR) is 76.6 cm³/mol. The van der Waals surface area contributed by atoms with Gasteiger partial charge in [-0.2, -0.15) is 0 Å². The second-order valence-electron chi connectivity index (χ2n) is 4.91. The van der Waals surface area contributed by atoms with E-state index in [1.807, 2.05) is 6.07 Å². The van der Waals surface area contributed by atoms with Crippen LogP contribution in [0, 0.1) is 5.92 Å². The van der Waals surface area contributed by atoms with E-state index in [0.29, 0.717) is 0 Å². The molecule has 0 saturated carbocycles. The Morgan fingerprint density at radius 2 is 2.06 bits per heavy atom. The van der Waals surface area contributed by atoms with Crippen molar-refractivity contribution in [3.8, 4) is 0 Å². The first-order valence-electron chi connectivity index (χ1n) is 6.91. The molecule has 0 spiro atoms. The average Bonchev–Trinajstić information content (AvgIpc) is 2.75. The Labute approximate surface area is 109 Å². The van der Waals surface area contributed by atoms with Gasteiger partial charge in [0.05, 0.1) is 17.6 Å². The van der Waals surface area contributed by atoms with Crippen LogP contribution in [0.2, 0.25) is 0 Å². The number of hydrogen-bond donors (Lipinski definition) is 1. The van der Waals surface area contributed by atoms with E-state index in [4.69, 9.17) is 4.98 Å². The Morgan fingerprint density at radius 1 is 1.28 bits per heavy atom. The van der Waals surface area contributed by atoms with E-state index in [1.54, 1.807) is 0 Å². The monoisotopic (exact) mass is 245 g/mol. The lowest BCUT2D eigenvalue weighted by atomic mass is 10.1. The summed E-state index contributed by atoms with van der Waals surface area (Å²) in [7, 11) is 0. The molecule has 0 aliphatic heterocycles. The maximum absolute atomic E-state index is 4.71. The summed E-state index contributed by atoms with van der Waals surface area (Å²) in [4.78, 5) is 4.71. The molecule has 2 rings (SSSR count). The van der Waals surface area contributed by atoms with Gasteiger partial charge in [-0.3, -0.25) is 0 Å². The van der Waals surface area contributed by atoms with Crippen molar-refractivity contribution >= 4 is 11.0 Å². The molecule has 0 aliphatic carbocycles. The molecule has 1 heterocycles. The molecule has 1 aromatic carbocycles. The molecule has 1 atom stereocenters. The molecule has 0 bridgehead atoms. The van der Waals surface area contributed by atoms with Gasteiger partial charge in [0.2, 0.25) is 0 Å². The van der Waals surface area contributed by atoms with Gasteiger partial charge in [0, 0.05) is 6.54 Å². The number of aryl methyl sites for hydroxylation is 1. The maximum atomic E-state index is 4.71. The van der Waals surface area contributed by atoms with Crippen molar-refractivity contribution in [1.82, 2.24) is 14.9 Å². The second kappa shape index (κ2) is 6.01. The third-order valence-electron chi connectivity index (χ3n) is 3.52. The molecular formula is C15H23N3. The van der Waals surface area contributed by atoms with Crippen LogP contribution in [-0.2, 0) is 13.1 Å². The van der Waals surface area contributed by atoms with Crippen LogP contribution in [0.25, 0.3) is 11.0 Å². The first-order valence-corrected chi connectivity index (χ1v) is 6.91. The Bertz CT molecular complexity index is 501. The lowest BCUT2D eigenvalue weighted by Gasteiger charge is -2.10. The molecule has 1 unspecified atom stereocenters. The summed E-state index contributed by atoms with van der Waals surface area (Å²) in [5.74, 6) is 1.87. The van der Waals surface area contributed by atoms with E-state index in [-0.39, 0.29) is 0 Å². The summed E-state index contributed by atoms with van der Waals surface area (Å²) < 4.78 is 2.29. The molecule has 0 fully saturated rings. The first kappa shape index (κ1) is 13.1. The normalized spacial score (nSPS) is 13.1. The molecule has 1 aromatic heterocycles. The summed E-state index contributed by atoms with van der Waals surface area (Å²) in [5.41, 5.74) is 2.33. The van der Waals surface area contributed by atoms with E-state index >= 15 is 0 Å². The lowest BCUT2D eigenvalue weighted by Crippen LogP contribution is -2.22. The van der Waals surface area contributed by atoms with Gasteiger partial charge >= 0.3 is 0 Å². The van der Waals surface area contributed by atoms with Gasteiger partial charge in [-0.05, 0) is 31.5 Å². The molecule has 1 N–H and O–H groups in total. The van der Waals surface area contributed by atoms with Gasteiger partial charge in [-0.25, -0.2) is 4.98 Å². The fraction of sp³-hybridized carbons (Fsp3) is 0.533. The Kier molecular flexibility index (Phi) is 4.37. The highest BCUT2D eigenvalue weighted by Gasteiger charge is 2.08. The highest BCUT2D eigenvalue weighted by molar-refractivity contribution is 5.75. The van der Waals surface area contributed by atoms with E-state index in [2.05, 4.69) is 48.9 Å². The highest BCUT2D eigenvalue weighted by atomic mass is 15.1. The largest absolute Gasteiger partial charge is 0.327 e. The van der Waals surface area contributed by atoms with Crippen LogP contribution in [0.4, 0.5) is 0 Å². The molecule has 0 saturated heterocycles. The van der Waals surface area contributed by atoms with E-state index in [1.165, 1.54) is 11.9 Å². The number of aromatic nitrogens is 2. The second-order valence-corrected chi connectivity index (χ2v) is 4.91. The van der Waals surface area contributed by atoms with Crippen molar-refractivity contribution < 1.29 is 0 Å². The van der Waals surface area contributed by atoms with Gasteiger partial charge in [0.15, 0.2) is 0 Å². The minimum Gasteiger partial charge on any atom is -0.327 e. The smallest absolute Gasteiger partial charge is 0.123 e. The van der Waals surface area contributed by atoms with Crippen LogP contribution in [0.15, 0.2) is 24.3 Å². The quantitative estimate of drug-likeness (QED) is 0.847. The highest BCUT2D eigenvalue weighted by Crippen LogP contribution is 2.15. The SMILES string of the molecule is CCC(C)CNCc1nc2ccccc2n1CC. The number of hydrogen-bond acceptors (Lipinski definition) is 2. The van der Waals surface area contributed by atoms with Gasteiger partial charge in [0.25, 0.3) is 0 Å². The number of imidazole rings is 1. The number of rotatable bonds is 6. The predicted octanol–water partition coefficient (Wildman–Crippen LogP) is 3.19. The minimum absolute atomic E-state index is 0.726. The minimum atomic E-state index is 0.726. The van der Waals surface area contributed by atoms with Crippen molar-refractivity contribution in [2.75, 3.05) is 6.54 Å². The van der Waals surface area contributed by atoms with E-state index < -0.39 is 0 Å². The Balaban J connectivity index is 2.12. The van der Waals surface area contributed by atoms with Crippen molar-refractivity contribution in [3.63, 3.8) is 0 Å². The van der Waals surface area contributed by atoms with Gasteiger partial charge in [-0.1, -0.05) is 32.4 Å². The zero-order valence-corrected chi connectivity index (χ0v) is 11.6. The number of fused-ring (bicyclic) bond motifs is 1. The topological polar surface area (TPSA) is 29.9 Å². The molecular weight excluding hydrogens is 222 g/mol. The van der Waals surface area contributed by atoms with Gasteiger partial charge in [-0.15, -0.1) is 0 Å². The maximum Gasteiger partial charge on any atom is 0.123 e. The van der Waals surface area contributed by atoms with Crippen LogP contribution in [-0.4, -0.2) is 16.1 Å². The van der Waals surface area contributed by atoms with Crippen LogP contribution in [0.3, 0.4) is 0 Å². The molecule has 0 amide bonds. The molecule has 3 heteroatoms.